The molecule has 2 rings (SSSR count). The van der Waals surface area contributed by atoms with E-state index in [4.69, 9.17) is 15.2 Å². The van der Waals surface area contributed by atoms with E-state index < -0.39 is 0 Å². The van der Waals surface area contributed by atoms with E-state index in [1.54, 1.807) is 12.1 Å². The fraction of sp³-hybridized carbons (Fsp3) is 0.429. The van der Waals surface area contributed by atoms with Gasteiger partial charge in [0.1, 0.15) is 11.6 Å². The van der Waals surface area contributed by atoms with Crippen LogP contribution in [-0.2, 0) is 4.74 Å². The van der Waals surface area contributed by atoms with Gasteiger partial charge in [-0.1, -0.05) is 11.8 Å². The summed E-state index contributed by atoms with van der Waals surface area (Å²) in [4.78, 5) is 0. The largest absolute Gasteiger partial charge is 0.493 e. The third-order valence-corrected chi connectivity index (χ3v) is 2.78. The van der Waals surface area contributed by atoms with Crippen molar-refractivity contribution in [2.24, 2.45) is 11.7 Å². The molecule has 96 valence electrons. The first-order chi connectivity index (χ1) is 8.79. The number of hydrogen-bond donors (Lipinski definition) is 1. The quantitative estimate of drug-likeness (QED) is 0.827. The molecule has 0 saturated carbocycles. The van der Waals surface area contributed by atoms with Gasteiger partial charge in [0.25, 0.3) is 0 Å². The maximum Gasteiger partial charge on any atom is 0.142 e. The van der Waals surface area contributed by atoms with Gasteiger partial charge in [-0.25, -0.2) is 4.39 Å². The number of benzene rings is 1. The summed E-state index contributed by atoms with van der Waals surface area (Å²) in [6, 6.07) is 4.69. The molecule has 1 heterocycles. The van der Waals surface area contributed by atoms with Crippen molar-refractivity contribution in [3.05, 3.63) is 29.6 Å². The summed E-state index contributed by atoms with van der Waals surface area (Å²) in [5, 5.41) is 0. The lowest BCUT2D eigenvalue weighted by atomic mass is 10.1. The number of hydrogen-bond acceptors (Lipinski definition) is 3. The summed E-state index contributed by atoms with van der Waals surface area (Å²) < 4.78 is 24.4. The third kappa shape index (κ3) is 3.46. The summed E-state index contributed by atoms with van der Waals surface area (Å²) in [6.07, 6.45) is 1.00. The summed E-state index contributed by atoms with van der Waals surface area (Å²) in [6.45, 7) is 2.30. The zero-order chi connectivity index (χ0) is 12.8. The van der Waals surface area contributed by atoms with E-state index in [0.717, 1.165) is 19.6 Å². The fourth-order valence-electron chi connectivity index (χ4n) is 1.76. The highest BCUT2D eigenvalue weighted by atomic mass is 19.1. The first-order valence-corrected chi connectivity index (χ1v) is 5.98. The Balaban J connectivity index is 1.95. The minimum absolute atomic E-state index is 0.222. The highest BCUT2D eigenvalue weighted by molar-refractivity contribution is 5.39. The maximum atomic E-state index is 13.6. The highest BCUT2D eigenvalue weighted by Crippen LogP contribution is 2.19. The molecule has 0 amide bonds. The Morgan fingerprint density at radius 1 is 1.50 bits per heavy atom. The van der Waals surface area contributed by atoms with Crippen molar-refractivity contribution >= 4 is 0 Å². The Morgan fingerprint density at radius 2 is 2.39 bits per heavy atom. The van der Waals surface area contributed by atoms with Gasteiger partial charge in [-0.05, 0) is 18.6 Å². The van der Waals surface area contributed by atoms with Crippen molar-refractivity contribution < 1.29 is 13.9 Å². The molecule has 1 atom stereocenters. The molecule has 0 aliphatic carbocycles. The molecule has 4 heteroatoms. The van der Waals surface area contributed by atoms with Crippen molar-refractivity contribution in [1.82, 2.24) is 0 Å². The maximum absolute atomic E-state index is 13.6. The van der Waals surface area contributed by atoms with Crippen LogP contribution in [0.4, 0.5) is 4.39 Å². The molecule has 2 N–H and O–H groups in total. The van der Waals surface area contributed by atoms with E-state index in [0.29, 0.717) is 23.8 Å². The van der Waals surface area contributed by atoms with Gasteiger partial charge >= 0.3 is 0 Å². The van der Waals surface area contributed by atoms with Gasteiger partial charge in [-0.15, -0.1) is 0 Å². The minimum atomic E-state index is -0.379. The van der Waals surface area contributed by atoms with Gasteiger partial charge in [-0.3, -0.25) is 0 Å². The van der Waals surface area contributed by atoms with E-state index in [1.807, 2.05) is 0 Å². The first-order valence-electron chi connectivity index (χ1n) is 5.98. The van der Waals surface area contributed by atoms with Crippen molar-refractivity contribution in [3.8, 4) is 17.6 Å². The number of rotatable bonds is 3. The number of nitrogens with two attached hydrogens (primary N) is 1. The third-order valence-electron chi connectivity index (χ3n) is 2.78. The molecule has 0 radical (unpaired) electrons. The summed E-state index contributed by atoms with van der Waals surface area (Å²) >= 11 is 0. The standard InChI is InChI=1S/C14H16FNO2/c15-14-8-13(4-3-12(14)2-1-6-16)18-10-11-5-7-17-9-11/h3-4,8,11H,5-7,9-10,16H2. The topological polar surface area (TPSA) is 44.5 Å². The minimum Gasteiger partial charge on any atom is -0.493 e. The van der Waals surface area contributed by atoms with Crippen LogP contribution in [-0.4, -0.2) is 26.4 Å². The molecule has 1 unspecified atom stereocenters. The van der Waals surface area contributed by atoms with Crippen molar-refractivity contribution in [1.29, 1.82) is 0 Å². The average molecular weight is 249 g/mol. The number of ether oxygens (including phenoxy) is 2. The van der Waals surface area contributed by atoms with Gasteiger partial charge in [0.05, 0.1) is 25.3 Å². The smallest absolute Gasteiger partial charge is 0.142 e. The first kappa shape index (κ1) is 12.9. The Hall–Kier alpha value is -1.57. The molecule has 3 nitrogen and oxygen atoms in total. The van der Waals surface area contributed by atoms with Gasteiger partial charge in [-0.2, -0.15) is 0 Å². The van der Waals surface area contributed by atoms with Crippen LogP contribution in [0, 0.1) is 23.6 Å². The summed E-state index contributed by atoms with van der Waals surface area (Å²) in [5.74, 6) is 5.85. The van der Waals surface area contributed by atoms with Crippen LogP contribution in [0.3, 0.4) is 0 Å². The molecule has 1 aliphatic rings. The summed E-state index contributed by atoms with van der Waals surface area (Å²) in [7, 11) is 0. The predicted octanol–water partition coefficient (Wildman–Crippen LogP) is 1.55. The molecular weight excluding hydrogens is 233 g/mol. The predicted molar refractivity (Wildman–Crippen MR) is 66.8 cm³/mol. The number of halogens is 1. The van der Waals surface area contributed by atoms with Crippen LogP contribution in [0.15, 0.2) is 18.2 Å². The second-order valence-corrected chi connectivity index (χ2v) is 4.19. The second-order valence-electron chi connectivity index (χ2n) is 4.19. The van der Waals surface area contributed by atoms with Crippen LogP contribution in [0.25, 0.3) is 0 Å². The van der Waals surface area contributed by atoms with E-state index in [-0.39, 0.29) is 12.4 Å². The van der Waals surface area contributed by atoms with Gasteiger partial charge in [0.2, 0.25) is 0 Å². The van der Waals surface area contributed by atoms with Crippen molar-refractivity contribution in [2.75, 3.05) is 26.4 Å². The average Bonchev–Trinajstić information content (AvgIpc) is 2.88. The second kappa shape index (κ2) is 6.39. The molecule has 1 aliphatic heterocycles. The SMILES string of the molecule is NCC#Cc1ccc(OCC2CCOC2)cc1F. The van der Waals surface area contributed by atoms with Crippen molar-refractivity contribution in [3.63, 3.8) is 0 Å². The molecule has 18 heavy (non-hydrogen) atoms. The zero-order valence-corrected chi connectivity index (χ0v) is 10.1. The molecular formula is C14H16FNO2. The lowest BCUT2D eigenvalue weighted by molar-refractivity contribution is 0.167. The normalized spacial score (nSPS) is 18.2. The molecule has 1 aromatic carbocycles. The monoisotopic (exact) mass is 249 g/mol. The zero-order valence-electron chi connectivity index (χ0n) is 10.1. The molecule has 0 aromatic heterocycles. The molecule has 1 saturated heterocycles. The fourth-order valence-corrected chi connectivity index (χ4v) is 1.76. The van der Waals surface area contributed by atoms with E-state index >= 15 is 0 Å². The Morgan fingerprint density at radius 3 is 3.06 bits per heavy atom. The van der Waals surface area contributed by atoms with Gasteiger partial charge < -0.3 is 15.2 Å². The summed E-state index contributed by atoms with van der Waals surface area (Å²) in [5.41, 5.74) is 5.59. The highest BCUT2D eigenvalue weighted by Gasteiger charge is 2.16. The molecule has 1 aromatic rings. The molecule has 1 fully saturated rings. The molecule has 0 spiro atoms. The van der Waals surface area contributed by atoms with Crippen LogP contribution in [0.2, 0.25) is 0 Å². The van der Waals surface area contributed by atoms with E-state index in [9.17, 15) is 4.39 Å². The van der Waals surface area contributed by atoms with Crippen LogP contribution >= 0.6 is 0 Å². The van der Waals surface area contributed by atoms with E-state index in [1.165, 1.54) is 6.07 Å². The Kier molecular flexibility index (Phi) is 4.57. The van der Waals surface area contributed by atoms with Crippen LogP contribution < -0.4 is 10.5 Å². The Labute approximate surface area is 106 Å². The molecule has 0 bridgehead atoms. The van der Waals surface area contributed by atoms with Crippen molar-refractivity contribution in [2.45, 2.75) is 6.42 Å². The lowest BCUT2D eigenvalue weighted by Crippen LogP contribution is -2.11. The van der Waals surface area contributed by atoms with Gasteiger partial charge in [0.15, 0.2) is 0 Å². The Bertz CT molecular complexity index is 459. The van der Waals surface area contributed by atoms with Crippen LogP contribution in [0.1, 0.15) is 12.0 Å². The van der Waals surface area contributed by atoms with E-state index in [2.05, 4.69) is 11.8 Å². The van der Waals surface area contributed by atoms with Crippen LogP contribution in [0.5, 0.6) is 5.75 Å². The van der Waals surface area contributed by atoms with Gasteiger partial charge in [0, 0.05) is 18.6 Å². The lowest BCUT2D eigenvalue weighted by Gasteiger charge is -2.10.